The quantitative estimate of drug-likeness (QED) is 0.450. The number of aryl methyl sites for hydroxylation is 2. The summed E-state index contributed by atoms with van der Waals surface area (Å²) in [6.07, 6.45) is 1.50. The van der Waals surface area contributed by atoms with Crippen LogP contribution in [0, 0.1) is 19.7 Å². The van der Waals surface area contributed by atoms with E-state index in [1.54, 1.807) is 43.3 Å². The van der Waals surface area contributed by atoms with E-state index in [0.29, 0.717) is 21.5 Å². The molecule has 0 amide bonds. The highest BCUT2D eigenvalue weighted by molar-refractivity contribution is 7.83. The molecule has 0 aliphatic rings. The Morgan fingerprint density at radius 3 is 2.45 bits per heavy atom. The van der Waals surface area contributed by atoms with Crippen molar-refractivity contribution < 1.29 is 18.1 Å². The second kappa shape index (κ2) is 8.31. The fourth-order valence-electron chi connectivity index (χ4n) is 3.24. The second-order valence-corrected chi connectivity index (χ2v) is 8.42. The number of halogens is 1. The maximum atomic E-state index is 14.5. The zero-order valence-electron chi connectivity index (χ0n) is 17.2. The molecule has 1 aromatic heterocycles. The van der Waals surface area contributed by atoms with E-state index in [4.69, 9.17) is 4.74 Å². The van der Waals surface area contributed by atoms with E-state index >= 15 is 0 Å². The second-order valence-electron chi connectivity index (χ2n) is 7.10. The van der Waals surface area contributed by atoms with Gasteiger partial charge in [-0.2, -0.15) is 9.19 Å². The van der Waals surface area contributed by atoms with E-state index in [0.717, 1.165) is 11.1 Å². The molecule has 158 valence electrons. The predicted octanol–water partition coefficient (Wildman–Crippen LogP) is 4.89. The Kier molecular flexibility index (Phi) is 5.56. The third-order valence-corrected chi connectivity index (χ3v) is 6.17. The van der Waals surface area contributed by atoms with Gasteiger partial charge < -0.3 is 10.1 Å². The van der Waals surface area contributed by atoms with Crippen LogP contribution in [0.25, 0.3) is 10.9 Å². The van der Waals surface area contributed by atoms with E-state index < -0.39 is 22.8 Å². The lowest BCUT2D eigenvalue weighted by molar-refractivity contribution is 0.0602. The predicted molar refractivity (Wildman–Crippen MR) is 118 cm³/mol. The molecule has 3 aromatic carbocycles. The molecule has 1 unspecified atom stereocenters. The Hall–Kier alpha value is -3.52. The molecule has 0 spiro atoms. The molecule has 4 rings (SSSR count). The van der Waals surface area contributed by atoms with Crippen molar-refractivity contribution in [2.75, 3.05) is 12.4 Å². The van der Waals surface area contributed by atoms with E-state index in [9.17, 15) is 13.4 Å². The van der Waals surface area contributed by atoms with Crippen molar-refractivity contribution in [3.63, 3.8) is 0 Å². The third-order valence-electron chi connectivity index (χ3n) is 4.89. The van der Waals surface area contributed by atoms with Crippen LogP contribution in [0.5, 0.6) is 0 Å². The summed E-state index contributed by atoms with van der Waals surface area (Å²) in [5.41, 5.74) is 3.11. The number of anilines is 2. The molecule has 8 heteroatoms. The van der Waals surface area contributed by atoms with Crippen molar-refractivity contribution in [1.82, 2.24) is 9.19 Å². The van der Waals surface area contributed by atoms with E-state index in [-0.39, 0.29) is 11.3 Å². The number of fused-ring (bicyclic) bond motifs is 1. The van der Waals surface area contributed by atoms with Crippen molar-refractivity contribution in [2.45, 2.75) is 18.7 Å². The third kappa shape index (κ3) is 3.94. The number of methoxy groups -OCH3 is 1. The van der Waals surface area contributed by atoms with Crippen molar-refractivity contribution in [3.8, 4) is 0 Å². The highest BCUT2D eigenvalue weighted by atomic mass is 32.2. The minimum absolute atomic E-state index is 0.204. The number of benzene rings is 3. The molecule has 4 aromatic rings. The number of carbonyl (C=O) groups is 1. The number of hydrogen-bond donors (Lipinski definition) is 1. The molecular weight excluding hydrogens is 417 g/mol. The minimum atomic E-state index is -1.59. The van der Waals surface area contributed by atoms with Gasteiger partial charge in [0.15, 0.2) is 11.0 Å². The van der Waals surface area contributed by atoms with Gasteiger partial charge >= 0.3 is 5.97 Å². The first-order chi connectivity index (χ1) is 14.9. The molecule has 1 heterocycles. The molecule has 31 heavy (non-hydrogen) atoms. The van der Waals surface area contributed by atoms with Crippen LogP contribution in [-0.2, 0) is 15.7 Å². The molecule has 6 nitrogen and oxygen atoms in total. The maximum absolute atomic E-state index is 14.5. The molecular formula is C23H20FN3O3S. The molecule has 0 saturated heterocycles. The lowest BCUT2D eigenvalue weighted by Crippen LogP contribution is -2.09. The Balaban J connectivity index is 1.85. The first-order valence-electron chi connectivity index (χ1n) is 9.50. The Labute approximate surface area is 181 Å². The number of ether oxygens (including phenoxy) is 1. The van der Waals surface area contributed by atoms with Crippen LogP contribution in [0.1, 0.15) is 21.5 Å². The summed E-state index contributed by atoms with van der Waals surface area (Å²) in [5.74, 6) is -1.03. The van der Waals surface area contributed by atoms with Gasteiger partial charge in [0.25, 0.3) is 0 Å². The van der Waals surface area contributed by atoms with Crippen LogP contribution in [0.4, 0.5) is 15.8 Å². The Morgan fingerprint density at radius 1 is 1.06 bits per heavy atom. The molecule has 0 radical (unpaired) electrons. The summed E-state index contributed by atoms with van der Waals surface area (Å²) in [5, 5.41) is 7.80. The number of esters is 1. The van der Waals surface area contributed by atoms with Crippen LogP contribution >= 0.6 is 0 Å². The zero-order chi connectivity index (χ0) is 22.1. The molecule has 0 aliphatic heterocycles. The summed E-state index contributed by atoms with van der Waals surface area (Å²) >= 11 is 0. The van der Waals surface area contributed by atoms with Crippen LogP contribution in [-0.4, -0.2) is 26.5 Å². The van der Waals surface area contributed by atoms with Crippen molar-refractivity contribution >= 4 is 39.2 Å². The summed E-state index contributed by atoms with van der Waals surface area (Å²) in [4.78, 5) is 12.9. The highest BCUT2D eigenvalue weighted by Gasteiger charge is 2.21. The lowest BCUT2D eigenvalue weighted by atomic mass is 10.1. The first kappa shape index (κ1) is 20.7. The van der Waals surface area contributed by atoms with Crippen LogP contribution in [0.2, 0.25) is 0 Å². The number of nitrogens with zero attached hydrogens (tertiary/aromatic N) is 2. The van der Waals surface area contributed by atoms with Crippen LogP contribution in [0.15, 0.2) is 65.7 Å². The SMILES string of the molecule is COC(=O)c1ccc2c(cnn2S(=O)c2ccc(C)cc2)c1Nc1ccc(C)cc1F. The van der Waals surface area contributed by atoms with E-state index in [1.165, 1.54) is 23.5 Å². The van der Waals surface area contributed by atoms with Crippen LogP contribution in [0.3, 0.4) is 0 Å². The molecule has 0 aliphatic carbocycles. The number of rotatable bonds is 5. The molecule has 1 atom stereocenters. The van der Waals surface area contributed by atoms with Gasteiger partial charge in [0, 0.05) is 5.39 Å². The van der Waals surface area contributed by atoms with Crippen molar-refractivity contribution in [3.05, 3.63) is 83.3 Å². The average Bonchev–Trinajstić information content (AvgIpc) is 3.19. The minimum Gasteiger partial charge on any atom is -0.465 e. The lowest BCUT2D eigenvalue weighted by Gasteiger charge is -2.13. The van der Waals surface area contributed by atoms with Gasteiger partial charge in [-0.3, -0.25) is 0 Å². The Morgan fingerprint density at radius 2 is 1.77 bits per heavy atom. The normalized spacial score (nSPS) is 12.0. The van der Waals surface area contributed by atoms with Gasteiger partial charge in [-0.05, 0) is 55.8 Å². The molecule has 1 N–H and O–H groups in total. The van der Waals surface area contributed by atoms with Crippen molar-refractivity contribution in [1.29, 1.82) is 0 Å². The zero-order valence-corrected chi connectivity index (χ0v) is 18.0. The van der Waals surface area contributed by atoms with E-state index in [2.05, 4.69) is 10.4 Å². The number of nitrogens with one attached hydrogen (secondary N) is 1. The monoisotopic (exact) mass is 437 g/mol. The maximum Gasteiger partial charge on any atom is 0.339 e. The van der Waals surface area contributed by atoms with Gasteiger partial charge in [-0.15, -0.1) is 0 Å². The standard InChI is InChI=1S/C23H20FN3O3S/c1-14-4-7-16(8-5-14)31(29)27-21-11-9-17(23(28)30-3)22(18(21)13-25-27)26-20-10-6-15(2)12-19(20)24/h4-13,26H,1-3H3. The van der Waals surface area contributed by atoms with Crippen LogP contribution < -0.4 is 5.32 Å². The van der Waals surface area contributed by atoms with Gasteiger partial charge in [-0.1, -0.05) is 23.8 Å². The number of carbonyl (C=O) groups excluding carboxylic acids is 1. The van der Waals surface area contributed by atoms with Gasteiger partial charge in [0.2, 0.25) is 0 Å². The fraction of sp³-hybridized carbons (Fsp3) is 0.130. The smallest absolute Gasteiger partial charge is 0.339 e. The highest BCUT2D eigenvalue weighted by Crippen LogP contribution is 2.33. The largest absolute Gasteiger partial charge is 0.465 e. The number of hydrogen-bond acceptors (Lipinski definition) is 5. The first-order valence-corrected chi connectivity index (χ1v) is 10.6. The summed E-state index contributed by atoms with van der Waals surface area (Å²) in [6.45, 7) is 3.74. The summed E-state index contributed by atoms with van der Waals surface area (Å²) in [7, 11) is -0.316. The summed E-state index contributed by atoms with van der Waals surface area (Å²) < 4.78 is 33.9. The molecule has 0 fully saturated rings. The van der Waals surface area contributed by atoms with Gasteiger partial charge in [-0.25, -0.2) is 13.4 Å². The van der Waals surface area contributed by atoms with E-state index in [1.807, 2.05) is 19.1 Å². The topological polar surface area (TPSA) is 73.2 Å². The summed E-state index contributed by atoms with van der Waals surface area (Å²) in [6, 6.07) is 15.3. The van der Waals surface area contributed by atoms with Gasteiger partial charge in [0.1, 0.15) is 5.82 Å². The fourth-order valence-corrected chi connectivity index (χ4v) is 4.28. The Bertz CT molecular complexity index is 1320. The molecule has 0 bridgehead atoms. The average molecular weight is 437 g/mol. The van der Waals surface area contributed by atoms with Crippen molar-refractivity contribution in [2.24, 2.45) is 0 Å². The number of aromatic nitrogens is 2. The van der Waals surface area contributed by atoms with Gasteiger partial charge in [0.05, 0.1) is 40.7 Å². The molecule has 0 saturated carbocycles.